The SMILES string of the molecule is C=C=C(C)/C(=C\C(C#N)=C/C)C(C)/C=C(O)\C(C(C)=NC)=C(/CC(=C)C[C@@H](C)N(CC(C)C)C(=O)OC(C)(C)C)C(=C)C. The highest BCUT2D eigenvalue weighted by Gasteiger charge is 2.27. The van der Waals surface area contributed by atoms with Crippen LogP contribution in [-0.4, -0.2) is 47.0 Å². The van der Waals surface area contributed by atoms with Gasteiger partial charge in [0.05, 0.1) is 6.07 Å². The number of aliphatic imine (C=N–C) groups is 1. The van der Waals surface area contributed by atoms with Crippen molar-refractivity contribution in [2.75, 3.05) is 13.6 Å². The van der Waals surface area contributed by atoms with Crippen LogP contribution < -0.4 is 0 Å². The van der Waals surface area contributed by atoms with E-state index in [9.17, 15) is 15.2 Å². The second kappa shape index (κ2) is 18.0. The molecule has 0 aromatic carbocycles. The summed E-state index contributed by atoms with van der Waals surface area (Å²) in [5.74, 6) is 0.0698. The zero-order valence-electron chi connectivity index (χ0n) is 28.8. The summed E-state index contributed by atoms with van der Waals surface area (Å²) in [4.78, 5) is 19.2. The Hall–Kier alpha value is -3.81. The Kier molecular flexibility index (Phi) is 16.4. The molecule has 0 aromatic rings. The van der Waals surface area contributed by atoms with Gasteiger partial charge in [0.2, 0.25) is 0 Å². The molecule has 0 fully saturated rings. The molecule has 0 rings (SSSR count). The summed E-state index contributed by atoms with van der Waals surface area (Å²) in [6.45, 7) is 34.0. The lowest BCUT2D eigenvalue weighted by atomic mass is 9.87. The molecule has 0 heterocycles. The molecular formula is C37H55N3O3. The van der Waals surface area contributed by atoms with E-state index in [4.69, 9.17) is 4.74 Å². The number of ether oxygens (including phenoxy) is 1. The van der Waals surface area contributed by atoms with Gasteiger partial charge in [-0.25, -0.2) is 4.79 Å². The molecule has 0 aromatic heterocycles. The molecular weight excluding hydrogens is 534 g/mol. The maximum atomic E-state index is 13.1. The first-order chi connectivity index (χ1) is 19.8. The van der Waals surface area contributed by atoms with Gasteiger partial charge in [0.25, 0.3) is 0 Å². The zero-order chi connectivity index (χ0) is 33.7. The minimum atomic E-state index is -0.593. The Morgan fingerprint density at radius 2 is 1.72 bits per heavy atom. The fraction of sp³-hybridized carbons (Fsp3) is 0.514. The van der Waals surface area contributed by atoms with Crippen LogP contribution in [0.3, 0.4) is 0 Å². The number of amides is 1. The van der Waals surface area contributed by atoms with Gasteiger partial charge in [-0.2, -0.15) is 5.26 Å². The lowest BCUT2D eigenvalue weighted by Crippen LogP contribution is -2.44. The molecule has 6 nitrogen and oxygen atoms in total. The molecule has 0 aliphatic heterocycles. The molecule has 0 saturated heterocycles. The summed E-state index contributed by atoms with van der Waals surface area (Å²) < 4.78 is 5.70. The summed E-state index contributed by atoms with van der Waals surface area (Å²) in [7, 11) is 1.69. The van der Waals surface area contributed by atoms with E-state index in [1.54, 1.807) is 30.2 Å². The van der Waals surface area contributed by atoms with E-state index in [2.05, 4.69) is 50.4 Å². The number of hydrogen-bond acceptors (Lipinski definition) is 5. The molecule has 6 heteroatoms. The average Bonchev–Trinajstić information content (AvgIpc) is 2.89. The van der Waals surface area contributed by atoms with Gasteiger partial charge in [0.1, 0.15) is 11.4 Å². The number of hydrogen-bond donors (Lipinski definition) is 1. The molecule has 0 aliphatic rings. The predicted molar refractivity (Wildman–Crippen MR) is 182 cm³/mol. The first kappa shape index (κ1) is 39.2. The molecule has 43 heavy (non-hydrogen) atoms. The van der Waals surface area contributed by atoms with Gasteiger partial charge < -0.3 is 14.7 Å². The predicted octanol–water partition coefficient (Wildman–Crippen LogP) is 9.77. The van der Waals surface area contributed by atoms with Gasteiger partial charge in [0.15, 0.2) is 0 Å². The molecule has 1 N–H and O–H groups in total. The van der Waals surface area contributed by atoms with E-state index in [1.165, 1.54) is 0 Å². The fourth-order valence-corrected chi connectivity index (χ4v) is 4.56. The third-order valence-corrected chi connectivity index (χ3v) is 6.85. The molecule has 1 amide bonds. The van der Waals surface area contributed by atoms with Crippen molar-refractivity contribution in [2.24, 2.45) is 16.8 Å². The number of carbonyl (C=O) groups is 1. The van der Waals surface area contributed by atoms with E-state index in [-0.39, 0.29) is 29.7 Å². The first-order valence-corrected chi connectivity index (χ1v) is 14.9. The fourth-order valence-electron chi connectivity index (χ4n) is 4.56. The summed E-state index contributed by atoms with van der Waals surface area (Å²) in [6, 6.07) is 2.04. The Balaban J connectivity index is 6.68. The highest BCUT2D eigenvalue weighted by Crippen LogP contribution is 2.31. The van der Waals surface area contributed by atoms with Crippen LogP contribution in [0.2, 0.25) is 0 Å². The standard InChI is InChI=1S/C37H55N3O3/c1-16-27(8)33(21-31(17-2)22-38)28(9)20-34(41)35(30(11)39-15)32(25(5)6)19-26(7)18-29(10)40(23-24(3)4)36(42)43-37(12,13)14/h17,20-21,24,28-29,41H,1,5,7,18-19,23H2,2-4,6,8-15H3/b31-17+,33-21+,34-20+,35-32+,39-30?/t28?,29-/m1/s1. The maximum Gasteiger partial charge on any atom is 0.410 e. The third-order valence-electron chi connectivity index (χ3n) is 6.85. The van der Waals surface area contributed by atoms with Gasteiger partial charge in [-0.15, -0.1) is 5.73 Å². The number of rotatable bonds is 14. The normalized spacial score (nSPS) is 15.2. The van der Waals surface area contributed by atoms with Gasteiger partial charge in [-0.05, 0) is 103 Å². The second-order valence-electron chi connectivity index (χ2n) is 12.5. The highest BCUT2D eigenvalue weighted by atomic mass is 16.6. The van der Waals surface area contributed by atoms with Crippen LogP contribution in [0.1, 0.15) is 89.0 Å². The van der Waals surface area contributed by atoms with E-state index >= 15 is 0 Å². The quantitative estimate of drug-likeness (QED) is 0.0546. The van der Waals surface area contributed by atoms with E-state index in [0.29, 0.717) is 36.2 Å². The summed E-state index contributed by atoms with van der Waals surface area (Å²) in [5.41, 5.74) is 8.18. The largest absolute Gasteiger partial charge is 0.508 e. The Morgan fingerprint density at radius 3 is 2.14 bits per heavy atom. The van der Waals surface area contributed by atoms with Crippen LogP contribution in [0, 0.1) is 23.2 Å². The van der Waals surface area contributed by atoms with Crippen molar-refractivity contribution in [3.8, 4) is 6.07 Å². The van der Waals surface area contributed by atoms with Gasteiger partial charge >= 0.3 is 6.09 Å². The number of nitriles is 1. The molecule has 0 bridgehead atoms. The molecule has 0 saturated carbocycles. The molecule has 236 valence electrons. The minimum absolute atomic E-state index is 0.0615. The highest BCUT2D eigenvalue weighted by molar-refractivity contribution is 6.03. The van der Waals surface area contributed by atoms with Crippen LogP contribution in [0.25, 0.3) is 0 Å². The van der Waals surface area contributed by atoms with Crippen LogP contribution in [0.15, 0.2) is 93.5 Å². The Labute approximate surface area is 261 Å². The monoisotopic (exact) mass is 589 g/mol. The summed E-state index contributed by atoms with van der Waals surface area (Å²) in [5, 5.41) is 21.0. The Bertz CT molecular complexity index is 1280. The second-order valence-corrected chi connectivity index (χ2v) is 12.5. The van der Waals surface area contributed by atoms with Crippen LogP contribution in [0.5, 0.6) is 0 Å². The van der Waals surface area contributed by atoms with Gasteiger partial charge in [0, 0.05) is 42.4 Å². The summed E-state index contributed by atoms with van der Waals surface area (Å²) >= 11 is 0. The lowest BCUT2D eigenvalue weighted by molar-refractivity contribution is 0.0150. The van der Waals surface area contributed by atoms with Crippen molar-refractivity contribution < 1.29 is 14.6 Å². The van der Waals surface area contributed by atoms with E-state index in [1.807, 2.05) is 62.3 Å². The number of aliphatic hydroxyl groups excluding tert-OH is 1. The Morgan fingerprint density at radius 1 is 1.14 bits per heavy atom. The number of nitrogens with zero attached hydrogens (tertiary/aromatic N) is 3. The van der Waals surface area contributed by atoms with Crippen molar-refractivity contribution in [3.63, 3.8) is 0 Å². The van der Waals surface area contributed by atoms with E-state index < -0.39 is 5.60 Å². The zero-order valence-corrected chi connectivity index (χ0v) is 28.8. The lowest BCUT2D eigenvalue weighted by Gasteiger charge is -2.33. The van der Waals surface area contributed by atoms with Gasteiger partial charge in [-0.3, -0.25) is 4.99 Å². The van der Waals surface area contributed by atoms with Crippen LogP contribution in [-0.2, 0) is 4.74 Å². The van der Waals surface area contributed by atoms with E-state index in [0.717, 1.165) is 27.9 Å². The minimum Gasteiger partial charge on any atom is -0.508 e. The van der Waals surface area contributed by atoms with Gasteiger partial charge in [-0.1, -0.05) is 57.7 Å². The van der Waals surface area contributed by atoms with Crippen LogP contribution >= 0.6 is 0 Å². The molecule has 0 spiro atoms. The van der Waals surface area contributed by atoms with Crippen molar-refractivity contribution >= 4 is 11.8 Å². The third kappa shape index (κ3) is 13.4. The molecule has 2 atom stereocenters. The van der Waals surface area contributed by atoms with Crippen LogP contribution in [0.4, 0.5) is 4.79 Å². The number of carbonyl (C=O) groups excluding carboxylic acids is 1. The van der Waals surface area contributed by atoms with Crippen molar-refractivity contribution in [2.45, 2.75) is 101 Å². The van der Waals surface area contributed by atoms with Crippen molar-refractivity contribution in [1.82, 2.24) is 4.90 Å². The molecule has 1 unspecified atom stereocenters. The molecule has 0 radical (unpaired) electrons. The maximum absolute atomic E-state index is 13.1. The number of allylic oxidation sites excluding steroid dienone is 9. The summed E-state index contributed by atoms with van der Waals surface area (Å²) in [6.07, 6.45) is 5.94. The van der Waals surface area contributed by atoms with Crippen molar-refractivity contribution in [3.05, 3.63) is 88.5 Å². The number of aliphatic hydroxyl groups is 1. The topological polar surface area (TPSA) is 85.9 Å². The van der Waals surface area contributed by atoms with Crippen molar-refractivity contribution in [1.29, 1.82) is 5.26 Å². The first-order valence-electron chi connectivity index (χ1n) is 14.9. The smallest absolute Gasteiger partial charge is 0.410 e. The average molecular weight is 590 g/mol. The molecule has 0 aliphatic carbocycles.